The molecule has 114 valence electrons. The predicted octanol–water partition coefficient (Wildman–Crippen LogP) is 1.70. The Morgan fingerprint density at radius 2 is 2.18 bits per heavy atom. The molecule has 0 aliphatic carbocycles. The van der Waals surface area contributed by atoms with Gasteiger partial charge in [0.1, 0.15) is 17.5 Å². The van der Waals surface area contributed by atoms with Crippen LogP contribution in [0, 0.1) is 5.82 Å². The van der Waals surface area contributed by atoms with E-state index in [0.29, 0.717) is 19.4 Å². The summed E-state index contributed by atoms with van der Waals surface area (Å²) in [5.41, 5.74) is 0.374. The summed E-state index contributed by atoms with van der Waals surface area (Å²) in [6.45, 7) is 0.373. The van der Waals surface area contributed by atoms with E-state index in [1.807, 2.05) is 0 Å². The Kier molecular flexibility index (Phi) is 3.62. The molecule has 1 atom stereocenters. The number of carboxylic acid groups (broad SMARTS) is 1. The van der Waals surface area contributed by atoms with Crippen LogP contribution in [-0.4, -0.2) is 44.3 Å². The molecule has 1 aliphatic heterocycles. The lowest BCUT2D eigenvalue weighted by atomic mass is 10.1. The second-order valence-electron chi connectivity index (χ2n) is 5.11. The molecule has 0 bridgehead atoms. The lowest BCUT2D eigenvalue weighted by Gasteiger charge is -2.21. The highest BCUT2D eigenvalue weighted by Gasteiger charge is 2.34. The maximum absolute atomic E-state index is 14.2. The molecule has 1 N–H and O–H groups in total. The molecule has 2 aromatic rings. The number of carbonyl (C=O) groups excluding carboxylic acids is 1. The third-order valence-electron chi connectivity index (χ3n) is 3.74. The summed E-state index contributed by atoms with van der Waals surface area (Å²) in [6, 6.07) is 4.90. The van der Waals surface area contributed by atoms with E-state index in [9.17, 15) is 14.0 Å². The van der Waals surface area contributed by atoms with Gasteiger partial charge in [-0.2, -0.15) is 5.10 Å². The highest BCUT2D eigenvalue weighted by molar-refractivity contribution is 5.97. The smallest absolute Gasteiger partial charge is 0.326 e. The molecule has 0 spiro atoms. The molecule has 6 nitrogen and oxygen atoms in total. The largest absolute Gasteiger partial charge is 0.480 e. The average molecular weight is 303 g/mol. The van der Waals surface area contributed by atoms with Crippen LogP contribution in [0.2, 0.25) is 0 Å². The molecule has 1 unspecified atom stereocenters. The molecule has 1 amide bonds. The Morgan fingerprint density at radius 3 is 2.82 bits per heavy atom. The number of carbonyl (C=O) groups is 2. The van der Waals surface area contributed by atoms with E-state index in [4.69, 9.17) is 5.11 Å². The number of likely N-dealkylation sites (tertiary alicyclic amines) is 1. The van der Waals surface area contributed by atoms with Crippen LogP contribution in [0.3, 0.4) is 0 Å². The number of carboxylic acids is 1. The minimum absolute atomic E-state index is 0.140. The van der Waals surface area contributed by atoms with Crippen LogP contribution in [0.5, 0.6) is 0 Å². The van der Waals surface area contributed by atoms with Crippen LogP contribution in [0.1, 0.15) is 23.2 Å². The number of aromatic nitrogens is 2. The Labute approximate surface area is 125 Å². The van der Waals surface area contributed by atoms with Gasteiger partial charge in [0.05, 0.1) is 0 Å². The van der Waals surface area contributed by atoms with E-state index >= 15 is 0 Å². The van der Waals surface area contributed by atoms with Gasteiger partial charge in [-0.15, -0.1) is 0 Å². The molecule has 1 saturated heterocycles. The SMILES string of the molecule is O=C(O)C1CCCN1C(=O)c1ccc(-n2cccn2)c(F)c1. The maximum Gasteiger partial charge on any atom is 0.326 e. The van der Waals surface area contributed by atoms with Crippen molar-refractivity contribution in [2.45, 2.75) is 18.9 Å². The van der Waals surface area contributed by atoms with Crippen molar-refractivity contribution in [3.05, 3.63) is 48.0 Å². The van der Waals surface area contributed by atoms with Gasteiger partial charge in [0.2, 0.25) is 0 Å². The van der Waals surface area contributed by atoms with Crippen molar-refractivity contribution in [3.8, 4) is 5.69 Å². The lowest BCUT2D eigenvalue weighted by molar-refractivity contribution is -0.141. The van der Waals surface area contributed by atoms with Crippen LogP contribution in [-0.2, 0) is 4.79 Å². The maximum atomic E-state index is 14.2. The third kappa shape index (κ3) is 2.45. The van der Waals surface area contributed by atoms with Crippen LogP contribution >= 0.6 is 0 Å². The van der Waals surface area contributed by atoms with Crippen molar-refractivity contribution in [2.75, 3.05) is 6.54 Å². The Bertz CT molecular complexity index is 715. The number of hydrogen-bond donors (Lipinski definition) is 1. The van der Waals surface area contributed by atoms with Crippen LogP contribution in [0.25, 0.3) is 5.69 Å². The van der Waals surface area contributed by atoms with Crippen molar-refractivity contribution < 1.29 is 19.1 Å². The first-order valence-electron chi connectivity index (χ1n) is 6.91. The van der Waals surface area contributed by atoms with Crippen molar-refractivity contribution in [3.63, 3.8) is 0 Å². The summed E-state index contributed by atoms with van der Waals surface area (Å²) >= 11 is 0. The van der Waals surface area contributed by atoms with Gasteiger partial charge in [-0.1, -0.05) is 0 Å². The number of hydrogen-bond acceptors (Lipinski definition) is 3. The van der Waals surface area contributed by atoms with E-state index in [1.54, 1.807) is 12.3 Å². The summed E-state index contributed by atoms with van der Waals surface area (Å²) in [7, 11) is 0. The van der Waals surface area contributed by atoms with Gasteiger partial charge in [-0.05, 0) is 37.1 Å². The predicted molar refractivity (Wildman–Crippen MR) is 75.2 cm³/mol. The molecule has 0 radical (unpaired) electrons. The number of amides is 1. The summed E-state index contributed by atoms with van der Waals surface area (Å²) in [4.78, 5) is 24.8. The molecule has 3 rings (SSSR count). The van der Waals surface area contributed by atoms with Crippen LogP contribution < -0.4 is 0 Å². The summed E-state index contributed by atoms with van der Waals surface area (Å²) < 4.78 is 15.5. The Balaban J connectivity index is 1.88. The van der Waals surface area contributed by atoms with Gasteiger partial charge in [-0.3, -0.25) is 4.79 Å². The molecule has 1 aromatic heterocycles. The molecule has 22 heavy (non-hydrogen) atoms. The van der Waals surface area contributed by atoms with Gasteiger partial charge >= 0.3 is 5.97 Å². The topological polar surface area (TPSA) is 75.4 Å². The minimum atomic E-state index is -1.03. The first kappa shape index (κ1) is 14.2. The highest BCUT2D eigenvalue weighted by Crippen LogP contribution is 2.22. The van der Waals surface area contributed by atoms with E-state index < -0.39 is 23.7 Å². The molecule has 2 heterocycles. The van der Waals surface area contributed by atoms with E-state index in [1.165, 1.54) is 27.9 Å². The van der Waals surface area contributed by atoms with Gasteiger partial charge in [0.25, 0.3) is 5.91 Å². The number of nitrogens with zero attached hydrogens (tertiary/aromatic N) is 3. The van der Waals surface area contributed by atoms with Crippen LogP contribution in [0.4, 0.5) is 4.39 Å². The first-order valence-corrected chi connectivity index (χ1v) is 6.91. The number of halogens is 1. The fourth-order valence-electron chi connectivity index (χ4n) is 2.67. The zero-order valence-corrected chi connectivity index (χ0v) is 11.6. The number of rotatable bonds is 3. The minimum Gasteiger partial charge on any atom is -0.480 e. The summed E-state index contributed by atoms with van der Waals surface area (Å²) in [5, 5.41) is 13.1. The van der Waals surface area contributed by atoms with Gasteiger partial charge < -0.3 is 10.0 Å². The average Bonchev–Trinajstić information content (AvgIpc) is 3.17. The van der Waals surface area contributed by atoms with Gasteiger partial charge in [0.15, 0.2) is 0 Å². The lowest BCUT2D eigenvalue weighted by Crippen LogP contribution is -2.40. The molecule has 1 aliphatic rings. The van der Waals surface area contributed by atoms with Crippen molar-refractivity contribution in [1.82, 2.24) is 14.7 Å². The van der Waals surface area contributed by atoms with E-state index in [0.717, 1.165) is 6.07 Å². The normalized spacial score (nSPS) is 17.7. The van der Waals surface area contributed by atoms with Crippen molar-refractivity contribution in [2.24, 2.45) is 0 Å². The summed E-state index contributed by atoms with van der Waals surface area (Å²) in [6.07, 6.45) is 4.19. The fraction of sp³-hybridized carbons (Fsp3) is 0.267. The molecule has 1 fully saturated rings. The van der Waals surface area contributed by atoms with Gasteiger partial charge in [0, 0.05) is 24.5 Å². The van der Waals surface area contributed by atoms with Crippen molar-refractivity contribution >= 4 is 11.9 Å². The standard InChI is InChI=1S/C15H14FN3O3/c16-11-9-10(4-5-12(11)19-8-2-6-17-19)14(20)18-7-1-3-13(18)15(21)22/h2,4-6,8-9,13H,1,3,7H2,(H,21,22). The molecule has 1 aromatic carbocycles. The molecular weight excluding hydrogens is 289 g/mol. The molecular formula is C15H14FN3O3. The first-order chi connectivity index (χ1) is 10.6. The quantitative estimate of drug-likeness (QED) is 0.936. The van der Waals surface area contributed by atoms with Crippen molar-refractivity contribution in [1.29, 1.82) is 0 Å². The monoisotopic (exact) mass is 303 g/mol. The number of benzene rings is 1. The number of aliphatic carboxylic acids is 1. The van der Waals surface area contributed by atoms with E-state index in [-0.39, 0.29) is 11.3 Å². The zero-order chi connectivity index (χ0) is 15.7. The second-order valence-corrected chi connectivity index (χ2v) is 5.11. The molecule has 0 saturated carbocycles. The third-order valence-corrected chi connectivity index (χ3v) is 3.74. The Morgan fingerprint density at radius 1 is 1.36 bits per heavy atom. The van der Waals surface area contributed by atoms with Gasteiger partial charge in [-0.25, -0.2) is 13.9 Å². The van der Waals surface area contributed by atoms with E-state index in [2.05, 4.69) is 5.10 Å². The molecule has 7 heteroatoms. The second kappa shape index (κ2) is 5.59. The summed E-state index contributed by atoms with van der Waals surface area (Å²) in [5.74, 6) is -2.07. The highest BCUT2D eigenvalue weighted by atomic mass is 19.1. The zero-order valence-electron chi connectivity index (χ0n) is 11.6. The fourth-order valence-corrected chi connectivity index (χ4v) is 2.67. The van der Waals surface area contributed by atoms with Crippen LogP contribution in [0.15, 0.2) is 36.7 Å². The Hall–Kier alpha value is -2.70.